The molecule has 0 saturated carbocycles. The van der Waals surface area contributed by atoms with Gasteiger partial charge in [-0.2, -0.15) is 0 Å². The minimum absolute atomic E-state index is 0.0131. The molecule has 0 unspecified atom stereocenters. The number of nitrogens with zero attached hydrogens (tertiary/aromatic N) is 3. The zero-order chi connectivity index (χ0) is 17.1. The zero-order valence-corrected chi connectivity index (χ0v) is 13.6. The van der Waals surface area contributed by atoms with Crippen LogP contribution in [-0.4, -0.2) is 15.3 Å². The molecule has 4 rings (SSSR count). The molecule has 0 aliphatic heterocycles. The number of hydrogen-bond acceptors (Lipinski definition) is 2. The summed E-state index contributed by atoms with van der Waals surface area (Å²) in [6, 6.07) is 25.2. The Bertz CT molecular complexity index is 960. The van der Waals surface area contributed by atoms with Gasteiger partial charge in [-0.1, -0.05) is 54.6 Å². The molecule has 4 aromatic rings. The molecule has 0 saturated heterocycles. The van der Waals surface area contributed by atoms with Crippen LogP contribution in [0.25, 0.3) is 5.65 Å². The number of fused-ring (bicyclic) bond motifs is 1. The monoisotopic (exact) mass is 327 g/mol. The molecule has 2 aromatic heterocycles. The molecule has 0 aliphatic carbocycles. The van der Waals surface area contributed by atoms with Gasteiger partial charge < -0.3 is 4.40 Å². The fourth-order valence-corrected chi connectivity index (χ4v) is 2.86. The van der Waals surface area contributed by atoms with Crippen molar-refractivity contribution in [3.8, 4) is 0 Å². The highest BCUT2D eigenvalue weighted by molar-refractivity contribution is 6.00. The third kappa shape index (κ3) is 3.15. The van der Waals surface area contributed by atoms with Crippen molar-refractivity contribution in [2.75, 3.05) is 4.90 Å². The Morgan fingerprint density at radius 3 is 2.28 bits per heavy atom. The van der Waals surface area contributed by atoms with Crippen molar-refractivity contribution in [3.05, 3.63) is 96.8 Å². The van der Waals surface area contributed by atoms with E-state index in [2.05, 4.69) is 4.98 Å². The summed E-state index contributed by atoms with van der Waals surface area (Å²) in [7, 11) is 0. The molecule has 0 bridgehead atoms. The SMILES string of the molecule is O=C(Cc1ccccc1)N(c1ccccc1)c1cn2ccccc2n1. The maximum Gasteiger partial charge on any atom is 0.237 e. The summed E-state index contributed by atoms with van der Waals surface area (Å²) in [5.41, 5.74) is 2.61. The van der Waals surface area contributed by atoms with Crippen LogP contribution in [-0.2, 0) is 11.2 Å². The molecule has 0 atom stereocenters. The molecule has 122 valence electrons. The lowest BCUT2D eigenvalue weighted by Gasteiger charge is -2.20. The Balaban J connectivity index is 1.75. The number of aromatic nitrogens is 2. The van der Waals surface area contributed by atoms with Crippen molar-refractivity contribution in [1.82, 2.24) is 9.38 Å². The number of rotatable bonds is 4. The van der Waals surface area contributed by atoms with Crippen molar-refractivity contribution in [2.24, 2.45) is 0 Å². The zero-order valence-electron chi connectivity index (χ0n) is 13.6. The number of pyridine rings is 1. The topological polar surface area (TPSA) is 37.6 Å². The second-order valence-electron chi connectivity index (χ2n) is 5.79. The Labute approximate surface area is 146 Å². The largest absolute Gasteiger partial charge is 0.305 e. The lowest BCUT2D eigenvalue weighted by atomic mass is 10.1. The molecule has 0 spiro atoms. The number of amides is 1. The fourth-order valence-electron chi connectivity index (χ4n) is 2.86. The van der Waals surface area contributed by atoms with Gasteiger partial charge >= 0.3 is 0 Å². The van der Waals surface area contributed by atoms with Gasteiger partial charge in [0.1, 0.15) is 5.65 Å². The summed E-state index contributed by atoms with van der Waals surface area (Å²) in [5.74, 6) is 0.610. The van der Waals surface area contributed by atoms with E-state index in [1.54, 1.807) is 4.90 Å². The summed E-state index contributed by atoms with van der Waals surface area (Å²) in [5, 5.41) is 0. The summed E-state index contributed by atoms with van der Waals surface area (Å²) >= 11 is 0. The average molecular weight is 327 g/mol. The van der Waals surface area contributed by atoms with Gasteiger partial charge in [0.2, 0.25) is 5.91 Å². The van der Waals surface area contributed by atoms with E-state index in [9.17, 15) is 4.79 Å². The van der Waals surface area contributed by atoms with E-state index in [0.717, 1.165) is 16.9 Å². The van der Waals surface area contributed by atoms with Gasteiger partial charge in [0, 0.05) is 6.20 Å². The minimum Gasteiger partial charge on any atom is -0.305 e. The second kappa shape index (κ2) is 6.61. The number of anilines is 2. The first-order valence-electron chi connectivity index (χ1n) is 8.17. The van der Waals surface area contributed by atoms with E-state index < -0.39 is 0 Å². The normalized spacial score (nSPS) is 10.7. The van der Waals surface area contributed by atoms with Crippen molar-refractivity contribution in [2.45, 2.75) is 6.42 Å². The van der Waals surface area contributed by atoms with Gasteiger partial charge in [-0.15, -0.1) is 0 Å². The molecule has 4 nitrogen and oxygen atoms in total. The Morgan fingerprint density at radius 1 is 0.880 bits per heavy atom. The van der Waals surface area contributed by atoms with Gasteiger partial charge in [-0.05, 0) is 29.8 Å². The molecule has 4 heteroatoms. The van der Waals surface area contributed by atoms with Crippen LogP contribution in [0.4, 0.5) is 11.5 Å². The molecule has 0 radical (unpaired) electrons. The fraction of sp³-hybridized carbons (Fsp3) is 0.0476. The molecule has 0 aliphatic rings. The number of carbonyl (C=O) groups excluding carboxylic acids is 1. The third-order valence-electron chi connectivity index (χ3n) is 4.04. The smallest absolute Gasteiger partial charge is 0.237 e. The van der Waals surface area contributed by atoms with Crippen molar-refractivity contribution in [1.29, 1.82) is 0 Å². The average Bonchev–Trinajstić information content (AvgIpc) is 3.07. The molecular formula is C21H17N3O. The number of para-hydroxylation sites is 1. The first-order valence-corrected chi connectivity index (χ1v) is 8.17. The highest BCUT2D eigenvalue weighted by Gasteiger charge is 2.20. The van der Waals surface area contributed by atoms with Gasteiger partial charge in [-0.25, -0.2) is 4.98 Å². The lowest BCUT2D eigenvalue weighted by molar-refractivity contribution is -0.117. The van der Waals surface area contributed by atoms with E-state index in [1.807, 2.05) is 95.7 Å². The van der Waals surface area contributed by atoms with E-state index in [4.69, 9.17) is 0 Å². The van der Waals surface area contributed by atoms with Crippen LogP contribution in [0.3, 0.4) is 0 Å². The lowest BCUT2D eigenvalue weighted by Crippen LogP contribution is -2.27. The summed E-state index contributed by atoms with van der Waals surface area (Å²) in [6.07, 6.45) is 4.13. The van der Waals surface area contributed by atoms with Crippen LogP contribution in [0.15, 0.2) is 91.3 Å². The van der Waals surface area contributed by atoms with E-state index in [-0.39, 0.29) is 5.91 Å². The number of hydrogen-bond donors (Lipinski definition) is 0. The third-order valence-corrected chi connectivity index (χ3v) is 4.04. The summed E-state index contributed by atoms with van der Waals surface area (Å²) in [6.45, 7) is 0. The van der Waals surface area contributed by atoms with Gasteiger partial charge in [0.25, 0.3) is 0 Å². The van der Waals surface area contributed by atoms with Crippen LogP contribution < -0.4 is 4.90 Å². The summed E-state index contributed by atoms with van der Waals surface area (Å²) < 4.78 is 1.92. The predicted molar refractivity (Wildman–Crippen MR) is 98.9 cm³/mol. The Morgan fingerprint density at radius 2 is 1.56 bits per heavy atom. The molecule has 1 amide bonds. The molecule has 2 aromatic carbocycles. The van der Waals surface area contributed by atoms with Gasteiger partial charge in [0.05, 0.1) is 18.3 Å². The maximum absolute atomic E-state index is 13.1. The van der Waals surface area contributed by atoms with E-state index in [1.165, 1.54) is 0 Å². The molecule has 25 heavy (non-hydrogen) atoms. The Kier molecular flexibility index (Phi) is 4.01. The Hall–Kier alpha value is -3.40. The molecule has 2 heterocycles. The number of carbonyl (C=O) groups is 1. The van der Waals surface area contributed by atoms with Crippen LogP contribution in [0.1, 0.15) is 5.56 Å². The number of imidazole rings is 1. The quantitative estimate of drug-likeness (QED) is 0.562. The van der Waals surface area contributed by atoms with E-state index in [0.29, 0.717) is 12.2 Å². The number of benzene rings is 2. The van der Waals surface area contributed by atoms with Crippen molar-refractivity contribution < 1.29 is 4.79 Å². The second-order valence-corrected chi connectivity index (χ2v) is 5.79. The van der Waals surface area contributed by atoms with Crippen LogP contribution in [0.5, 0.6) is 0 Å². The molecule has 0 N–H and O–H groups in total. The van der Waals surface area contributed by atoms with Crippen LogP contribution >= 0.6 is 0 Å². The van der Waals surface area contributed by atoms with Crippen molar-refractivity contribution in [3.63, 3.8) is 0 Å². The van der Waals surface area contributed by atoms with Crippen LogP contribution in [0.2, 0.25) is 0 Å². The first-order chi connectivity index (χ1) is 12.3. The molecule has 0 fully saturated rings. The first kappa shape index (κ1) is 15.1. The molecular weight excluding hydrogens is 310 g/mol. The highest BCUT2D eigenvalue weighted by Crippen LogP contribution is 2.26. The predicted octanol–water partition coefficient (Wildman–Crippen LogP) is 4.24. The van der Waals surface area contributed by atoms with E-state index >= 15 is 0 Å². The van der Waals surface area contributed by atoms with Crippen molar-refractivity contribution >= 4 is 23.1 Å². The maximum atomic E-state index is 13.1. The minimum atomic E-state index is -0.0131. The highest BCUT2D eigenvalue weighted by atomic mass is 16.2. The standard InChI is InChI=1S/C21H17N3O/c25-21(15-17-9-3-1-4-10-17)24(18-11-5-2-6-12-18)20-16-23-14-8-7-13-19(23)22-20/h1-14,16H,15H2. The van der Waals surface area contributed by atoms with Gasteiger partial charge in [0.15, 0.2) is 5.82 Å². The summed E-state index contributed by atoms with van der Waals surface area (Å²) in [4.78, 5) is 19.4. The van der Waals surface area contributed by atoms with Crippen LogP contribution in [0, 0.1) is 0 Å². The van der Waals surface area contributed by atoms with Gasteiger partial charge in [-0.3, -0.25) is 9.69 Å².